The van der Waals surface area contributed by atoms with Crippen LogP contribution in [-0.2, 0) is 35.1 Å². The third-order valence-corrected chi connectivity index (χ3v) is 12.4. The van der Waals surface area contributed by atoms with Crippen molar-refractivity contribution in [1.82, 2.24) is 0 Å². The molecule has 1 atom stereocenters. The molecule has 0 bridgehead atoms. The van der Waals surface area contributed by atoms with Crippen LogP contribution in [0.4, 0.5) is 0 Å². The zero-order valence-electron chi connectivity index (χ0n) is 48.2. The molecule has 0 saturated heterocycles. The summed E-state index contributed by atoms with van der Waals surface area (Å²) in [4.78, 5) is 22.8. The van der Waals surface area contributed by atoms with E-state index in [1.54, 1.807) is 0 Å². The van der Waals surface area contributed by atoms with Gasteiger partial charge in [0.1, 0.15) is 0 Å². The number of rotatable bonds is 49. The van der Waals surface area contributed by atoms with E-state index in [9.17, 15) is 14.7 Å². The first kappa shape index (κ1) is 84.5. The first-order valence-electron chi connectivity index (χ1n) is 29.1. The summed E-state index contributed by atoms with van der Waals surface area (Å²) in [5.41, 5.74) is 0. The Balaban J connectivity index is -0.000000270. The molecule has 0 aliphatic carbocycles. The molecular weight excluding hydrogens is 987 g/mol. The fourth-order valence-electron chi connectivity index (χ4n) is 8.26. The van der Waals surface area contributed by atoms with E-state index in [1.807, 2.05) is 6.92 Å². The molecule has 426 valence electrons. The SMILES string of the molecule is CCCCCCCCC=CCCCCCCC(CCC)C(=O)[O-].CCCCCCCCC=CCCCCCCCCOC(=O)CCCCCCCCCCCCCCCCC.O=S(=O)(O)O.O=S(=O)([O-])O.[Na+].[Na+]. The van der Waals surface area contributed by atoms with Crippen molar-refractivity contribution < 1.29 is 114 Å². The summed E-state index contributed by atoms with van der Waals surface area (Å²) in [7, 11) is -9.58. The molecule has 0 rings (SSSR count). The number of aliphatic carboxylic acids is 1. The smallest absolute Gasteiger partial charge is 0.726 e. The third-order valence-electron chi connectivity index (χ3n) is 12.4. The van der Waals surface area contributed by atoms with Crippen LogP contribution < -0.4 is 64.2 Å². The second-order valence-electron chi connectivity index (χ2n) is 19.6. The average molecular weight is 1100 g/mol. The number of hydrogen-bond acceptors (Lipinski definition) is 9. The fourth-order valence-corrected chi connectivity index (χ4v) is 8.26. The van der Waals surface area contributed by atoms with Crippen molar-refractivity contribution in [3.63, 3.8) is 0 Å². The number of esters is 1. The van der Waals surface area contributed by atoms with Crippen LogP contribution in [0.1, 0.15) is 317 Å². The Hall–Kier alpha value is 0.160. The number of carbonyl (C=O) groups excluding carboxylic acids is 2. The largest absolute Gasteiger partial charge is 1.00 e. The average Bonchev–Trinajstić information content (AvgIpc) is 3.30. The number of ether oxygens (including phenoxy) is 1. The Morgan fingerprint density at radius 1 is 0.411 bits per heavy atom. The Labute approximate surface area is 495 Å². The van der Waals surface area contributed by atoms with E-state index >= 15 is 0 Å². The van der Waals surface area contributed by atoms with Gasteiger partial charge in [-0.15, -0.1) is 0 Å². The quantitative estimate of drug-likeness (QED) is 0.0129. The standard InChI is InChI=1S/C36H70O2.C21H40O2.2Na.2H2O4S/c1-3-5-7-9-11-13-15-17-19-21-23-25-27-29-31-33-35-38-36(37)34-32-30-28-26-24-22-20-18-16-14-12-10-8-6-4-2;1-3-5-6-7-8-9-10-11-12-13-14-15-16-17-19-20(18-4-2)21(22)23;;;2*1-5(2,3)4/h17,19H,3-16,18,20-35H2,1-2H3;11-12,20H,3-10,13-19H2,1-2H3,(H,22,23);;;2*(H2,1,2,3,4)/q;;2*+1;;/p-2. The van der Waals surface area contributed by atoms with E-state index in [4.69, 9.17) is 39.8 Å². The van der Waals surface area contributed by atoms with Gasteiger partial charge in [0.05, 0.1) is 6.61 Å². The fraction of sp³-hybridized carbons (Fsp3) is 0.895. The molecule has 0 fully saturated rings. The molecule has 73 heavy (non-hydrogen) atoms. The summed E-state index contributed by atoms with van der Waals surface area (Å²) in [5, 5.41) is 10.9. The molecule has 0 heterocycles. The molecule has 0 radical (unpaired) electrons. The maximum atomic E-state index is 11.9. The number of allylic oxidation sites excluding steroid dienone is 4. The van der Waals surface area contributed by atoms with Gasteiger partial charge in [0.25, 0.3) is 0 Å². The van der Waals surface area contributed by atoms with Crippen molar-refractivity contribution in [2.75, 3.05) is 6.61 Å². The number of carbonyl (C=O) groups is 2. The zero-order valence-corrected chi connectivity index (χ0v) is 53.9. The topological polar surface area (TPSA) is 218 Å². The zero-order chi connectivity index (χ0) is 53.8. The normalized spacial score (nSPS) is 11.6. The third kappa shape index (κ3) is 101. The van der Waals surface area contributed by atoms with Crippen molar-refractivity contribution in [3.05, 3.63) is 24.3 Å². The maximum Gasteiger partial charge on any atom is 1.00 e. The summed E-state index contributed by atoms with van der Waals surface area (Å²) in [5.74, 6) is -1.06. The minimum absolute atomic E-state index is 0. The molecule has 0 aromatic carbocycles. The van der Waals surface area contributed by atoms with Gasteiger partial charge in [-0.05, 0) is 83.0 Å². The molecule has 0 aromatic heterocycles. The first-order valence-corrected chi connectivity index (χ1v) is 31.8. The molecular formula is C57H112Na2O12S2. The monoisotopic (exact) mass is 1100 g/mol. The van der Waals surface area contributed by atoms with E-state index in [2.05, 4.69) is 45.1 Å². The van der Waals surface area contributed by atoms with E-state index in [0.29, 0.717) is 13.0 Å². The van der Waals surface area contributed by atoms with Crippen LogP contribution in [0, 0.1) is 5.92 Å². The number of unbranched alkanes of at least 4 members (excludes halogenated alkanes) is 36. The van der Waals surface area contributed by atoms with E-state index in [-0.39, 0.29) is 71.0 Å². The van der Waals surface area contributed by atoms with Gasteiger partial charge in [0.2, 0.25) is 10.4 Å². The molecule has 0 spiro atoms. The Morgan fingerprint density at radius 3 is 0.932 bits per heavy atom. The number of carboxylic acid groups (broad SMARTS) is 1. The summed E-state index contributed by atoms with van der Waals surface area (Å²) in [6.45, 7) is 9.49. The minimum Gasteiger partial charge on any atom is -0.726 e. The second kappa shape index (κ2) is 70.2. The predicted octanol–water partition coefficient (Wildman–Crippen LogP) is 11.0. The minimum atomic E-state index is -4.92. The van der Waals surface area contributed by atoms with Crippen LogP contribution in [0.2, 0.25) is 0 Å². The first-order chi connectivity index (χ1) is 34.0. The van der Waals surface area contributed by atoms with Gasteiger partial charge in [-0.2, -0.15) is 8.42 Å². The molecule has 0 saturated carbocycles. The van der Waals surface area contributed by atoms with E-state index < -0.39 is 26.8 Å². The Morgan fingerprint density at radius 2 is 0.658 bits per heavy atom. The number of hydrogen-bond donors (Lipinski definition) is 3. The van der Waals surface area contributed by atoms with Gasteiger partial charge < -0.3 is 19.2 Å². The van der Waals surface area contributed by atoms with Crippen LogP contribution in [0.15, 0.2) is 24.3 Å². The van der Waals surface area contributed by atoms with Gasteiger partial charge in [-0.1, -0.05) is 257 Å². The van der Waals surface area contributed by atoms with Crippen molar-refractivity contribution in [3.8, 4) is 0 Å². The van der Waals surface area contributed by atoms with Gasteiger partial charge in [-0.3, -0.25) is 18.5 Å². The summed E-state index contributed by atoms with van der Waals surface area (Å²) >= 11 is 0. The Kier molecular flexibility index (Phi) is 81.2. The van der Waals surface area contributed by atoms with Crippen molar-refractivity contribution in [2.24, 2.45) is 5.92 Å². The molecule has 0 aliphatic heterocycles. The van der Waals surface area contributed by atoms with Crippen LogP contribution in [0.25, 0.3) is 0 Å². The van der Waals surface area contributed by atoms with Gasteiger partial charge in [0, 0.05) is 12.4 Å². The van der Waals surface area contributed by atoms with Crippen molar-refractivity contribution in [1.29, 1.82) is 0 Å². The van der Waals surface area contributed by atoms with Crippen molar-refractivity contribution in [2.45, 2.75) is 317 Å². The summed E-state index contributed by atoms with van der Waals surface area (Å²) in [6.07, 6.45) is 66.5. The molecule has 1 unspecified atom stereocenters. The molecule has 3 N–H and O–H groups in total. The van der Waals surface area contributed by atoms with Crippen LogP contribution in [0.5, 0.6) is 0 Å². The van der Waals surface area contributed by atoms with Crippen LogP contribution in [-0.4, -0.2) is 53.6 Å². The molecule has 0 aliphatic rings. The molecule has 0 amide bonds. The van der Waals surface area contributed by atoms with Crippen LogP contribution in [0.3, 0.4) is 0 Å². The maximum absolute atomic E-state index is 11.9. The predicted molar refractivity (Wildman–Crippen MR) is 295 cm³/mol. The number of carboxylic acids is 1. The van der Waals surface area contributed by atoms with Crippen LogP contribution >= 0.6 is 0 Å². The van der Waals surface area contributed by atoms with Gasteiger partial charge >= 0.3 is 75.5 Å². The summed E-state index contributed by atoms with van der Waals surface area (Å²) < 4.78 is 69.8. The Bertz CT molecular complexity index is 1320. The van der Waals surface area contributed by atoms with E-state index in [1.165, 1.54) is 238 Å². The van der Waals surface area contributed by atoms with E-state index in [0.717, 1.165) is 44.9 Å². The van der Waals surface area contributed by atoms with Crippen molar-refractivity contribution >= 4 is 32.7 Å². The molecule has 0 aromatic rings. The molecule has 12 nitrogen and oxygen atoms in total. The van der Waals surface area contributed by atoms with Gasteiger partial charge in [-0.25, -0.2) is 8.42 Å². The summed E-state index contributed by atoms with van der Waals surface area (Å²) in [6, 6.07) is 0. The van der Waals surface area contributed by atoms with Gasteiger partial charge in [0.15, 0.2) is 0 Å². The molecule has 16 heteroatoms. The second-order valence-corrected chi connectivity index (χ2v) is 21.3.